The number of hydrogen-bond donors (Lipinski definition) is 0. The molecule has 0 fully saturated rings. The van der Waals surface area contributed by atoms with Crippen LogP contribution >= 0.6 is 0 Å². The molecule has 25 heavy (non-hydrogen) atoms. The molecule has 2 aromatic rings. The zero-order valence-electron chi connectivity index (χ0n) is 14.4. The van der Waals surface area contributed by atoms with Crippen LogP contribution in [0, 0.1) is 25.2 Å². The molecule has 0 saturated carbocycles. The Labute approximate surface area is 147 Å². The van der Waals surface area contributed by atoms with Crippen LogP contribution in [0.25, 0.3) is 6.08 Å². The topological polar surface area (TPSA) is 68.6 Å². The molecule has 5 nitrogen and oxygen atoms in total. The minimum Gasteiger partial charge on any atom is -0.493 e. The Kier molecular flexibility index (Phi) is 6.19. The molecule has 128 valence electrons. The van der Waals surface area contributed by atoms with E-state index in [0.29, 0.717) is 17.2 Å². The van der Waals surface area contributed by atoms with E-state index in [-0.39, 0.29) is 6.61 Å². The molecule has 0 aliphatic heterocycles. The van der Waals surface area contributed by atoms with E-state index < -0.39 is 5.97 Å². The fraction of sp³-hybridized carbons (Fsp3) is 0.200. The van der Waals surface area contributed by atoms with Gasteiger partial charge in [0.1, 0.15) is 11.8 Å². The molecule has 5 heteroatoms. The van der Waals surface area contributed by atoms with E-state index in [9.17, 15) is 4.79 Å². The Morgan fingerprint density at radius 3 is 2.60 bits per heavy atom. The molecule has 2 rings (SSSR count). The van der Waals surface area contributed by atoms with Crippen LogP contribution < -0.4 is 14.2 Å². The van der Waals surface area contributed by atoms with Crippen LogP contribution in [-0.4, -0.2) is 19.7 Å². The van der Waals surface area contributed by atoms with Crippen molar-refractivity contribution in [3.8, 4) is 23.3 Å². The fourth-order valence-corrected chi connectivity index (χ4v) is 2.11. The van der Waals surface area contributed by atoms with Gasteiger partial charge in [0.15, 0.2) is 18.1 Å². The molecule has 0 saturated heterocycles. The van der Waals surface area contributed by atoms with Gasteiger partial charge in [0.05, 0.1) is 7.11 Å². The van der Waals surface area contributed by atoms with Crippen molar-refractivity contribution in [3.05, 3.63) is 59.2 Å². The summed E-state index contributed by atoms with van der Waals surface area (Å²) in [7, 11) is 1.51. The minimum absolute atomic E-state index is 0.0617. The average molecular weight is 337 g/mol. The van der Waals surface area contributed by atoms with Crippen LogP contribution in [0.3, 0.4) is 0 Å². The zero-order valence-corrected chi connectivity index (χ0v) is 14.4. The maximum Gasteiger partial charge on any atom is 0.336 e. The quantitative estimate of drug-likeness (QED) is 0.455. The second-order valence-corrected chi connectivity index (χ2v) is 5.36. The molecule has 0 amide bonds. The van der Waals surface area contributed by atoms with Gasteiger partial charge >= 0.3 is 5.97 Å². The lowest BCUT2D eigenvalue weighted by molar-refractivity contribution is -0.128. The molecule has 0 spiro atoms. The van der Waals surface area contributed by atoms with Crippen LogP contribution in [0.5, 0.6) is 17.2 Å². The lowest BCUT2D eigenvalue weighted by atomic mass is 10.1. The van der Waals surface area contributed by atoms with Gasteiger partial charge < -0.3 is 14.2 Å². The monoisotopic (exact) mass is 337 g/mol. The number of rotatable bonds is 6. The Hall–Kier alpha value is -3.26. The molecule has 0 unspecified atom stereocenters. The lowest BCUT2D eigenvalue weighted by Crippen LogP contribution is -2.04. The molecule has 0 aromatic heterocycles. The number of carbonyl (C=O) groups is 1. The van der Waals surface area contributed by atoms with E-state index in [1.165, 1.54) is 13.2 Å². The smallest absolute Gasteiger partial charge is 0.336 e. The van der Waals surface area contributed by atoms with E-state index in [4.69, 9.17) is 19.5 Å². The van der Waals surface area contributed by atoms with Gasteiger partial charge in [0.25, 0.3) is 0 Å². The molecule has 0 atom stereocenters. The number of hydrogen-bond acceptors (Lipinski definition) is 5. The molecular formula is C20H19NO4. The number of nitriles is 1. The predicted molar refractivity (Wildman–Crippen MR) is 94.7 cm³/mol. The Morgan fingerprint density at radius 1 is 1.12 bits per heavy atom. The lowest BCUT2D eigenvalue weighted by Gasteiger charge is -2.08. The molecule has 0 radical (unpaired) electrons. The number of ether oxygens (including phenoxy) is 3. The summed E-state index contributed by atoms with van der Waals surface area (Å²) in [6.07, 6.45) is 2.97. The Balaban J connectivity index is 2.06. The molecular weight excluding hydrogens is 318 g/mol. The summed E-state index contributed by atoms with van der Waals surface area (Å²) in [6, 6.07) is 12.6. The molecule has 0 N–H and O–H groups in total. The van der Waals surface area contributed by atoms with Crippen molar-refractivity contribution < 1.29 is 19.0 Å². The van der Waals surface area contributed by atoms with E-state index in [0.717, 1.165) is 16.7 Å². The third-order valence-corrected chi connectivity index (χ3v) is 3.59. The normalized spacial score (nSPS) is 10.3. The summed E-state index contributed by atoms with van der Waals surface area (Å²) in [5.74, 6) is 1.00. The largest absolute Gasteiger partial charge is 0.493 e. The van der Waals surface area contributed by atoms with Crippen molar-refractivity contribution in [1.82, 2.24) is 0 Å². The summed E-state index contributed by atoms with van der Waals surface area (Å²) >= 11 is 0. The molecule has 0 aliphatic rings. The van der Waals surface area contributed by atoms with E-state index >= 15 is 0 Å². The second-order valence-electron chi connectivity index (χ2n) is 5.36. The maximum atomic E-state index is 11.9. The van der Waals surface area contributed by atoms with Crippen molar-refractivity contribution in [1.29, 1.82) is 5.26 Å². The van der Waals surface area contributed by atoms with Crippen LogP contribution in [0.2, 0.25) is 0 Å². The van der Waals surface area contributed by atoms with E-state index in [1.807, 2.05) is 32.0 Å². The second kappa shape index (κ2) is 8.55. The first-order valence-corrected chi connectivity index (χ1v) is 7.68. The zero-order chi connectivity index (χ0) is 18.2. The van der Waals surface area contributed by atoms with Crippen molar-refractivity contribution in [2.24, 2.45) is 0 Å². The predicted octanol–water partition coefficient (Wildman–Crippen LogP) is 3.83. The summed E-state index contributed by atoms with van der Waals surface area (Å²) in [5, 5.41) is 8.57. The summed E-state index contributed by atoms with van der Waals surface area (Å²) in [4.78, 5) is 11.9. The number of esters is 1. The minimum atomic E-state index is -0.466. The number of nitrogens with zero attached hydrogens (tertiary/aromatic N) is 1. The van der Waals surface area contributed by atoms with Crippen molar-refractivity contribution in [2.75, 3.05) is 13.7 Å². The Bertz CT molecular complexity index is 834. The fourth-order valence-electron chi connectivity index (χ4n) is 2.11. The summed E-state index contributed by atoms with van der Waals surface area (Å²) in [6.45, 7) is 3.90. The molecule has 0 bridgehead atoms. The number of benzene rings is 2. The molecule has 2 aromatic carbocycles. The Morgan fingerprint density at radius 2 is 1.92 bits per heavy atom. The first kappa shape index (κ1) is 18.1. The van der Waals surface area contributed by atoms with Crippen molar-refractivity contribution >= 4 is 12.0 Å². The van der Waals surface area contributed by atoms with Gasteiger partial charge in [-0.2, -0.15) is 5.26 Å². The van der Waals surface area contributed by atoms with Gasteiger partial charge in [-0.15, -0.1) is 0 Å². The van der Waals surface area contributed by atoms with Crippen LogP contribution in [0.15, 0.2) is 42.5 Å². The van der Waals surface area contributed by atoms with E-state index in [2.05, 4.69) is 0 Å². The highest BCUT2D eigenvalue weighted by Gasteiger charge is 2.06. The van der Waals surface area contributed by atoms with Gasteiger partial charge in [0, 0.05) is 6.08 Å². The first-order valence-electron chi connectivity index (χ1n) is 7.68. The molecule has 0 heterocycles. The highest BCUT2D eigenvalue weighted by molar-refractivity contribution is 5.88. The molecule has 0 aliphatic carbocycles. The summed E-state index contributed by atoms with van der Waals surface area (Å²) in [5.41, 5.74) is 2.95. The highest BCUT2D eigenvalue weighted by atomic mass is 16.5. The number of methoxy groups -OCH3 is 1. The van der Waals surface area contributed by atoms with Gasteiger partial charge in [-0.25, -0.2) is 4.79 Å². The van der Waals surface area contributed by atoms with Crippen LogP contribution in [0.1, 0.15) is 16.7 Å². The third-order valence-electron chi connectivity index (χ3n) is 3.59. The maximum absolute atomic E-state index is 11.9. The van der Waals surface area contributed by atoms with Gasteiger partial charge in [0.2, 0.25) is 0 Å². The van der Waals surface area contributed by atoms with Gasteiger partial charge in [-0.1, -0.05) is 12.1 Å². The van der Waals surface area contributed by atoms with Gasteiger partial charge in [-0.05, 0) is 60.9 Å². The first-order chi connectivity index (χ1) is 12.0. The number of aryl methyl sites for hydroxylation is 2. The standard InChI is InChI=1S/C20H19NO4/c1-14-4-7-17(12-15(14)2)25-20(22)9-6-16-5-8-18(24-11-10-21)19(13-16)23-3/h4-9,12-13H,11H2,1-3H3/b9-6+. The summed E-state index contributed by atoms with van der Waals surface area (Å²) < 4.78 is 15.8. The highest BCUT2D eigenvalue weighted by Crippen LogP contribution is 2.28. The van der Waals surface area contributed by atoms with Crippen molar-refractivity contribution in [3.63, 3.8) is 0 Å². The van der Waals surface area contributed by atoms with Crippen LogP contribution in [-0.2, 0) is 4.79 Å². The number of carbonyl (C=O) groups excluding carboxylic acids is 1. The van der Waals surface area contributed by atoms with Crippen LogP contribution in [0.4, 0.5) is 0 Å². The van der Waals surface area contributed by atoms with E-state index in [1.54, 1.807) is 30.3 Å². The van der Waals surface area contributed by atoms with Gasteiger partial charge in [-0.3, -0.25) is 0 Å². The third kappa shape index (κ3) is 5.11. The SMILES string of the molecule is COc1cc(/C=C/C(=O)Oc2ccc(C)c(C)c2)ccc1OCC#N. The average Bonchev–Trinajstić information content (AvgIpc) is 2.61. The van der Waals surface area contributed by atoms with Crippen molar-refractivity contribution in [2.45, 2.75) is 13.8 Å².